The van der Waals surface area contributed by atoms with E-state index in [2.05, 4.69) is 5.32 Å². The predicted molar refractivity (Wildman–Crippen MR) is 35.7 cm³/mol. The van der Waals surface area contributed by atoms with Crippen LogP contribution in [0.5, 0.6) is 0 Å². The van der Waals surface area contributed by atoms with E-state index in [0.717, 1.165) is 13.0 Å². The molecular weight excluding hydrogens is 152 g/mol. The van der Waals surface area contributed by atoms with Gasteiger partial charge in [0.2, 0.25) is 0 Å². The van der Waals surface area contributed by atoms with E-state index in [4.69, 9.17) is 4.74 Å². The minimum Gasteiger partial charge on any atom is -0.361 e. The lowest BCUT2D eigenvalue weighted by molar-refractivity contribution is -0.332. The van der Waals surface area contributed by atoms with Crippen molar-refractivity contribution in [3.63, 3.8) is 0 Å². The molecule has 0 amide bonds. The highest BCUT2D eigenvalue weighted by Crippen LogP contribution is 2.45. The summed E-state index contributed by atoms with van der Waals surface area (Å²) in [6.45, 7) is 0.746. The van der Waals surface area contributed by atoms with E-state index in [1.807, 2.05) is 0 Å². The molecule has 2 aliphatic rings. The van der Waals surface area contributed by atoms with Crippen LogP contribution >= 0.6 is 0 Å². The number of piperidine rings is 1. The normalized spacial score (nSPS) is 42.0. The third-order valence-corrected chi connectivity index (χ3v) is 2.54. The van der Waals surface area contributed by atoms with E-state index in [1.54, 1.807) is 0 Å². The summed E-state index contributed by atoms with van der Waals surface area (Å²) in [5, 5.41) is 2.93. The quantitative estimate of drug-likeness (QED) is 0.569. The summed E-state index contributed by atoms with van der Waals surface area (Å²) in [4.78, 5) is 0. The van der Waals surface area contributed by atoms with Crippen LogP contribution in [-0.4, -0.2) is 31.2 Å². The van der Waals surface area contributed by atoms with Crippen molar-refractivity contribution in [3.05, 3.63) is 0 Å². The Bertz CT molecular complexity index is 166. The smallest absolute Gasteiger partial charge is 0.300 e. The van der Waals surface area contributed by atoms with Gasteiger partial charge < -0.3 is 10.1 Å². The molecule has 4 heteroatoms. The van der Waals surface area contributed by atoms with Crippen LogP contribution in [0.25, 0.3) is 0 Å². The summed E-state index contributed by atoms with van der Waals surface area (Å²) in [6, 6.07) is 0. The van der Waals surface area contributed by atoms with Gasteiger partial charge in [-0.1, -0.05) is 0 Å². The Hall–Kier alpha value is -0.220. The highest BCUT2D eigenvalue weighted by molar-refractivity contribution is 5.05. The SMILES string of the molecule is FC1(F)COC12CCCNC2. The minimum absolute atomic E-state index is 0.306. The van der Waals surface area contributed by atoms with Gasteiger partial charge in [-0.3, -0.25) is 0 Å². The average molecular weight is 163 g/mol. The molecule has 0 aromatic carbocycles. The van der Waals surface area contributed by atoms with Crippen LogP contribution in [0, 0.1) is 0 Å². The van der Waals surface area contributed by atoms with Gasteiger partial charge in [-0.15, -0.1) is 0 Å². The second kappa shape index (κ2) is 2.14. The third kappa shape index (κ3) is 0.891. The molecule has 1 spiro atoms. The Kier molecular flexibility index (Phi) is 1.44. The van der Waals surface area contributed by atoms with Crippen molar-refractivity contribution in [2.75, 3.05) is 19.7 Å². The van der Waals surface area contributed by atoms with Gasteiger partial charge in [0, 0.05) is 6.54 Å². The Morgan fingerprint density at radius 3 is 2.45 bits per heavy atom. The molecule has 0 saturated carbocycles. The first-order valence-corrected chi connectivity index (χ1v) is 3.89. The summed E-state index contributed by atoms with van der Waals surface area (Å²) in [5.74, 6) is -2.60. The highest BCUT2D eigenvalue weighted by Gasteiger charge is 2.63. The highest BCUT2D eigenvalue weighted by atomic mass is 19.3. The first-order chi connectivity index (χ1) is 5.16. The van der Waals surface area contributed by atoms with Gasteiger partial charge in [-0.05, 0) is 19.4 Å². The molecule has 1 N–H and O–H groups in total. The summed E-state index contributed by atoms with van der Waals surface area (Å²) in [7, 11) is 0. The second-order valence-corrected chi connectivity index (χ2v) is 3.27. The molecule has 0 aromatic heterocycles. The molecule has 2 fully saturated rings. The molecule has 2 aliphatic heterocycles. The summed E-state index contributed by atoms with van der Waals surface area (Å²) in [6.07, 6.45) is 1.28. The van der Waals surface area contributed by atoms with Crippen LogP contribution in [0.3, 0.4) is 0 Å². The van der Waals surface area contributed by atoms with E-state index in [9.17, 15) is 8.78 Å². The molecule has 0 radical (unpaired) electrons. The lowest BCUT2D eigenvalue weighted by atomic mass is 9.83. The maximum atomic E-state index is 12.9. The summed E-state index contributed by atoms with van der Waals surface area (Å²) in [5.41, 5.74) is -1.15. The van der Waals surface area contributed by atoms with Gasteiger partial charge in [0.15, 0.2) is 0 Å². The zero-order chi connectivity index (χ0) is 7.95. The van der Waals surface area contributed by atoms with E-state index < -0.39 is 18.1 Å². The van der Waals surface area contributed by atoms with Gasteiger partial charge in [0.1, 0.15) is 12.2 Å². The fourth-order valence-electron chi connectivity index (χ4n) is 1.70. The Morgan fingerprint density at radius 1 is 1.36 bits per heavy atom. The molecule has 0 bridgehead atoms. The average Bonchev–Trinajstić information content (AvgIpc) is 2.04. The van der Waals surface area contributed by atoms with Crippen molar-refractivity contribution >= 4 is 0 Å². The summed E-state index contributed by atoms with van der Waals surface area (Å²) < 4.78 is 30.8. The molecular formula is C7H11F2NO. The Labute approximate surface area is 63.9 Å². The van der Waals surface area contributed by atoms with Gasteiger partial charge in [-0.25, -0.2) is 8.78 Å². The fourth-order valence-corrected chi connectivity index (χ4v) is 1.70. The van der Waals surface area contributed by atoms with E-state index in [0.29, 0.717) is 13.0 Å². The largest absolute Gasteiger partial charge is 0.361 e. The van der Waals surface area contributed by atoms with Crippen molar-refractivity contribution in [2.24, 2.45) is 0 Å². The molecule has 2 nitrogen and oxygen atoms in total. The lowest BCUT2D eigenvalue weighted by Crippen LogP contribution is -2.69. The molecule has 0 aromatic rings. The van der Waals surface area contributed by atoms with Crippen LogP contribution in [0.2, 0.25) is 0 Å². The number of nitrogens with one attached hydrogen (secondary N) is 1. The standard InChI is InChI=1S/C7H11F2NO/c8-7(9)5-11-6(7)2-1-3-10-4-6/h10H,1-5H2. The topological polar surface area (TPSA) is 21.3 Å². The van der Waals surface area contributed by atoms with Crippen molar-refractivity contribution in [1.29, 1.82) is 0 Å². The third-order valence-electron chi connectivity index (χ3n) is 2.54. The van der Waals surface area contributed by atoms with Gasteiger partial charge in [-0.2, -0.15) is 0 Å². The van der Waals surface area contributed by atoms with Crippen LogP contribution in [0.1, 0.15) is 12.8 Å². The summed E-state index contributed by atoms with van der Waals surface area (Å²) >= 11 is 0. The molecule has 1 atom stereocenters. The Morgan fingerprint density at radius 2 is 2.18 bits per heavy atom. The molecule has 0 aliphatic carbocycles. The van der Waals surface area contributed by atoms with E-state index in [1.165, 1.54) is 0 Å². The number of halogens is 2. The van der Waals surface area contributed by atoms with Crippen molar-refractivity contribution < 1.29 is 13.5 Å². The molecule has 2 heterocycles. The van der Waals surface area contributed by atoms with E-state index in [-0.39, 0.29) is 0 Å². The number of alkyl halides is 2. The van der Waals surface area contributed by atoms with Crippen molar-refractivity contribution in [2.45, 2.75) is 24.4 Å². The predicted octanol–water partition coefficient (Wildman–Crippen LogP) is 0.774. The van der Waals surface area contributed by atoms with Crippen LogP contribution in [0.15, 0.2) is 0 Å². The maximum absolute atomic E-state index is 12.9. The number of hydrogen-bond donors (Lipinski definition) is 1. The van der Waals surface area contributed by atoms with Crippen molar-refractivity contribution in [1.82, 2.24) is 5.32 Å². The van der Waals surface area contributed by atoms with Crippen LogP contribution < -0.4 is 5.32 Å². The van der Waals surface area contributed by atoms with Crippen LogP contribution in [-0.2, 0) is 4.74 Å². The molecule has 1 unspecified atom stereocenters. The zero-order valence-corrected chi connectivity index (χ0v) is 6.20. The number of ether oxygens (including phenoxy) is 1. The molecule has 2 saturated heterocycles. The van der Waals surface area contributed by atoms with Gasteiger partial charge >= 0.3 is 0 Å². The number of hydrogen-bond acceptors (Lipinski definition) is 2. The minimum atomic E-state index is -2.60. The lowest BCUT2D eigenvalue weighted by Gasteiger charge is -2.50. The zero-order valence-electron chi connectivity index (χ0n) is 6.20. The maximum Gasteiger partial charge on any atom is 0.300 e. The molecule has 11 heavy (non-hydrogen) atoms. The molecule has 2 rings (SSSR count). The van der Waals surface area contributed by atoms with Gasteiger partial charge in [0.05, 0.1) is 0 Å². The van der Waals surface area contributed by atoms with E-state index >= 15 is 0 Å². The molecule has 64 valence electrons. The van der Waals surface area contributed by atoms with Gasteiger partial charge in [0.25, 0.3) is 5.92 Å². The fraction of sp³-hybridized carbons (Fsp3) is 1.00. The number of rotatable bonds is 0. The first kappa shape index (κ1) is 7.43. The first-order valence-electron chi connectivity index (χ1n) is 3.89. The second-order valence-electron chi connectivity index (χ2n) is 3.27. The van der Waals surface area contributed by atoms with Crippen LogP contribution in [0.4, 0.5) is 8.78 Å². The Balaban J connectivity index is 2.09. The van der Waals surface area contributed by atoms with Crippen molar-refractivity contribution in [3.8, 4) is 0 Å². The monoisotopic (exact) mass is 163 g/mol.